The van der Waals surface area contributed by atoms with Gasteiger partial charge in [0, 0.05) is 13.1 Å². The summed E-state index contributed by atoms with van der Waals surface area (Å²) in [4.78, 5) is 38.5. The zero-order valence-electron chi connectivity index (χ0n) is 13.9. The first-order chi connectivity index (χ1) is 12.0. The molecule has 0 spiro atoms. The largest absolute Gasteiger partial charge is 0.468 e. The number of hydrogen-bond donors (Lipinski definition) is 1. The van der Waals surface area contributed by atoms with Crippen molar-refractivity contribution in [3.63, 3.8) is 0 Å². The van der Waals surface area contributed by atoms with Crippen LogP contribution in [0.1, 0.15) is 11.6 Å². The van der Waals surface area contributed by atoms with Gasteiger partial charge in [-0.2, -0.15) is 0 Å². The Morgan fingerprint density at radius 2 is 1.72 bits per heavy atom. The quantitative estimate of drug-likeness (QED) is 0.659. The molecule has 1 N–H and O–H groups in total. The number of carbonyl (C=O) groups is 3. The van der Waals surface area contributed by atoms with Crippen LogP contribution in [0.15, 0.2) is 42.5 Å². The van der Waals surface area contributed by atoms with Gasteiger partial charge in [-0.1, -0.05) is 42.5 Å². The SMILES string of the molecule is COC(=O)[C@H]1N[C@@H](c2cccc3ccccc23)[C@H]2C(=O)N(C)C(=O)[C@H]21. The molecule has 6 heteroatoms. The van der Waals surface area contributed by atoms with Gasteiger partial charge in [0.2, 0.25) is 11.8 Å². The molecule has 2 amide bonds. The summed E-state index contributed by atoms with van der Waals surface area (Å²) in [6, 6.07) is 12.5. The zero-order valence-corrected chi connectivity index (χ0v) is 13.9. The number of rotatable bonds is 2. The van der Waals surface area contributed by atoms with Crippen molar-refractivity contribution in [2.75, 3.05) is 14.2 Å². The first-order valence-corrected chi connectivity index (χ1v) is 8.17. The molecule has 2 aliphatic rings. The number of carbonyl (C=O) groups excluding carboxylic acids is 3. The van der Waals surface area contributed by atoms with Crippen LogP contribution in [0.5, 0.6) is 0 Å². The van der Waals surface area contributed by atoms with Crippen molar-refractivity contribution in [3.05, 3.63) is 48.0 Å². The number of imide groups is 1. The van der Waals surface area contributed by atoms with Crippen LogP contribution in [0.4, 0.5) is 0 Å². The third kappa shape index (κ3) is 2.17. The fourth-order valence-electron chi connectivity index (χ4n) is 4.11. The molecule has 2 saturated heterocycles. The van der Waals surface area contributed by atoms with Gasteiger partial charge in [0.1, 0.15) is 6.04 Å². The van der Waals surface area contributed by atoms with Crippen molar-refractivity contribution in [2.24, 2.45) is 11.8 Å². The number of ether oxygens (including phenoxy) is 1. The van der Waals surface area contributed by atoms with E-state index in [0.29, 0.717) is 0 Å². The fourth-order valence-corrected chi connectivity index (χ4v) is 4.11. The van der Waals surface area contributed by atoms with Gasteiger partial charge in [0.25, 0.3) is 0 Å². The molecule has 6 nitrogen and oxygen atoms in total. The van der Waals surface area contributed by atoms with E-state index >= 15 is 0 Å². The Balaban J connectivity index is 1.85. The molecule has 128 valence electrons. The number of nitrogens with zero attached hydrogens (tertiary/aromatic N) is 1. The molecule has 2 aromatic rings. The van der Waals surface area contributed by atoms with Crippen LogP contribution < -0.4 is 5.32 Å². The lowest BCUT2D eigenvalue weighted by molar-refractivity contribution is -0.147. The molecule has 4 atom stereocenters. The summed E-state index contributed by atoms with van der Waals surface area (Å²) < 4.78 is 4.85. The maximum absolute atomic E-state index is 12.7. The Morgan fingerprint density at radius 1 is 1.04 bits per heavy atom. The minimum absolute atomic E-state index is 0.258. The number of methoxy groups -OCH3 is 1. The highest BCUT2D eigenvalue weighted by atomic mass is 16.5. The molecular weight excluding hydrogens is 320 g/mol. The van der Waals surface area contributed by atoms with E-state index in [1.54, 1.807) is 0 Å². The van der Waals surface area contributed by atoms with E-state index in [1.807, 2.05) is 42.5 Å². The first-order valence-electron chi connectivity index (χ1n) is 8.17. The Kier molecular flexibility index (Phi) is 3.58. The monoisotopic (exact) mass is 338 g/mol. The highest BCUT2D eigenvalue weighted by Crippen LogP contribution is 2.45. The van der Waals surface area contributed by atoms with Gasteiger partial charge in [-0.15, -0.1) is 0 Å². The van der Waals surface area contributed by atoms with Gasteiger partial charge in [0.15, 0.2) is 0 Å². The van der Waals surface area contributed by atoms with Crippen LogP contribution in [0.25, 0.3) is 10.8 Å². The third-order valence-corrected chi connectivity index (χ3v) is 5.31. The van der Waals surface area contributed by atoms with Gasteiger partial charge in [-0.3, -0.25) is 24.6 Å². The number of likely N-dealkylation sites (tertiary alicyclic amines) is 1. The van der Waals surface area contributed by atoms with E-state index in [2.05, 4.69) is 5.32 Å². The lowest BCUT2D eigenvalue weighted by Crippen LogP contribution is -2.42. The maximum Gasteiger partial charge on any atom is 0.323 e. The molecule has 2 aliphatic heterocycles. The Morgan fingerprint density at radius 3 is 2.48 bits per heavy atom. The minimum Gasteiger partial charge on any atom is -0.468 e. The lowest BCUT2D eigenvalue weighted by Gasteiger charge is -2.21. The van der Waals surface area contributed by atoms with Gasteiger partial charge < -0.3 is 4.74 Å². The van der Waals surface area contributed by atoms with Gasteiger partial charge in [-0.05, 0) is 16.3 Å². The summed E-state index contributed by atoms with van der Waals surface area (Å²) in [6.07, 6.45) is 0. The van der Waals surface area contributed by atoms with Crippen molar-refractivity contribution in [1.82, 2.24) is 10.2 Å². The molecule has 0 aromatic heterocycles. The standard InChI is InChI=1S/C19H18N2O4/c1-21-17(22)13-14(18(21)23)16(19(24)25-2)20-15(13)12-9-5-7-10-6-3-4-8-11(10)12/h3-9,13-16,20H,1-2H3/t13-,14+,15-,16-/m0/s1. The van der Waals surface area contributed by atoms with Crippen LogP contribution in [0.2, 0.25) is 0 Å². The van der Waals surface area contributed by atoms with E-state index in [9.17, 15) is 14.4 Å². The van der Waals surface area contributed by atoms with Gasteiger partial charge >= 0.3 is 5.97 Å². The molecule has 2 aromatic carbocycles. The smallest absolute Gasteiger partial charge is 0.323 e. The van der Waals surface area contributed by atoms with Crippen molar-refractivity contribution in [2.45, 2.75) is 12.1 Å². The lowest BCUT2D eigenvalue weighted by atomic mass is 9.85. The first kappa shape index (κ1) is 15.8. The van der Waals surface area contributed by atoms with Crippen LogP contribution >= 0.6 is 0 Å². The highest BCUT2D eigenvalue weighted by molar-refractivity contribution is 6.08. The van der Waals surface area contributed by atoms with Crippen LogP contribution in [0, 0.1) is 11.8 Å². The molecular formula is C19H18N2O4. The van der Waals surface area contributed by atoms with E-state index in [0.717, 1.165) is 21.2 Å². The third-order valence-electron chi connectivity index (χ3n) is 5.31. The number of fused-ring (bicyclic) bond motifs is 2. The Labute approximate surface area is 144 Å². The second-order valence-electron chi connectivity index (χ2n) is 6.50. The summed E-state index contributed by atoms with van der Waals surface area (Å²) in [6.45, 7) is 0. The molecule has 4 rings (SSSR count). The number of amides is 2. The summed E-state index contributed by atoms with van der Waals surface area (Å²) in [5.74, 6) is -2.44. The predicted molar refractivity (Wildman–Crippen MR) is 90.4 cm³/mol. The molecule has 2 heterocycles. The van der Waals surface area contributed by atoms with E-state index in [1.165, 1.54) is 14.2 Å². The second-order valence-corrected chi connectivity index (χ2v) is 6.50. The summed E-state index contributed by atoms with van der Waals surface area (Å²) in [7, 11) is 2.76. The second kappa shape index (κ2) is 5.67. The van der Waals surface area contributed by atoms with Crippen LogP contribution in [-0.2, 0) is 19.1 Å². The van der Waals surface area contributed by atoms with Gasteiger partial charge in [0.05, 0.1) is 18.9 Å². The summed E-state index contributed by atoms with van der Waals surface area (Å²) >= 11 is 0. The van der Waals surface area contributed by atoms with E-state index < -0.39 is 29.9 Å². The highest BCUT2D eigenvalue weighted by Gasteiger charge is 2.60. The molecule has 0 saturated carbocycles. The Hall–Kier alpha value is -2.73. The van der Waals surface area contributed by atoms with Crippen LogP contribution in [0.3, 0.4) is 0 Å². The number of nitrogens with one attached hydrogen (secondary N) is 1. The zero-order chi connectivity index (χ0) is 17.7. The van der Waals surface area contributed by atoms with Crippen molar-refractivity contribution >= 4 is 28.6 Å². The normalized spacial score (nSPS) is 28.5. The van der Waals surface area contributed by atoms with Crippen LogP contribution in [-0.4, -0.2) is 42.9 Å². The average molecular weight is 338 g/mol. The molecule has 25 heavy (non-hydrogen) atoms. The van der Waals surface area contributed by atoms with Crippen molar-refractivity contribution < 1.29 is 19.1 Å². The number of hydrogen-bond acceptors (Lipinski definition) is 5. The fraction of sp³-hybridized carbons (Fsp3) is 0.316. The molecule has 2 fully saturated rings. The topological polar surface area (TPSA) is 75.7 Å². The average Bonchev–Trinajstić information content (AvgIpc) is 3.14. The summed E-state index contributed by atoms with van der Waals surface area (Å²) in [5, 5.41) is 5.24. The maximum atomic E-state index is 12.7. The summed E-state index contributed by atoms with van der Waals surface area (Å²) in [5.41, 5.74) is 0.913. The molecule has 0 bridgehead atoms. The van der Waals surface area contributed by atoms with E-state index in [-0.39, 0.29) is 11.8 Å². The molecule has 0 aliphatic carbocycles. The van der Waals surface area contributed by atoms with Crippen molar-refractivity contribution in [1.29, 1.82) is 0 Å². The number of esters is 1. The minimum atomic E-state index is -0.819. The molecule has 0 radical (unpaired) electrons. The van der Waals surface area contributed by atoms with E-state index in [4.69, 9.17) is 4.74 Å². The molecule has 0 unspecified atom stereocenters. The Bertz CT molecular complexity index is 889. The predicted octanol–water partition coefficient (Wildman–Crippen LogP) is 1.26. The van der Waals surface area contributed by atoms with Crippen molar-refractivity contribution in [3.8, 4) is 0 Å². The van der Waals surface area contributed by atoms with Gasteiger partial charge in [-0.25, -0.2) is 0 Å². The number of benzene rings is 2.